The summed E-state index contributed by atoms with van der Waals surface area (Å²) in [6.45, 7) is 1.50. The molecule has 0 unspecified atom stereocenters. The van der Waals surface area contributed by atoms with Crippen LogP contribution in [-0.2, 0) is 4.79 Å². The molecular formula is C24H25N5O. The molecule has 2 fully saturated rings. The molecule has 30 heavy (non-hydrogen) atoms. The van der Waals surface area contributed by atoms with Crippen molar-refractivity contribution in [2.24, 2.45) is 5.92 Å². The van der Waals surface area contributed by atoms with Crippen LogP contribution in [0, 0.1) is 5.92 Å². The number of carbonyl (C=O) groups excluding carboxylic acids is 1. The van der Waals surface area contributed by atoms with Crippen molar-refractivity contribution >= 4 is 17.4 Å². The molecule has 3 aromatic rings. The minimum absolute atomic E-state index is 0.155. The summed E-state index contributed by atoms with van der Waals surface area (Å²) in [5.41, 5.74) is 2.78. The van der Waals surface area contributed by atoms with Crippen LogP contribution in [0.1, 0.15) is 37.4 Å². The molecule has 1 aliphatic carbocycles. The third kappa shape index (κ3) is 3.90. The second-order valence-corrected chi connectivity index (χ2v) is 8.13. The Hall–Kier alpha value is -3.28. The van der Waals surface area contributed by atoms with Crippen molar-refractivity contribution in [1.82, 2.24) is 19.9 Å². The number of amides is 1. The second-order valence-electron chi connectivity index (χ2n) is 8.13. The van der Waals surface area contributed by atoms with E-state index in [1.165, 1.54) is 6.42 Å². The van der Waals surface area contributed by atoms with Gasteiger partial charge in [-0.15, -0.1) is 0 Å². The second kappa shape index (κ2) is 8.22. The summed E-state index contributed by atoms with van der Waals surface area (Å²) in [6.07, 6.45) is 7.74. The molecule has 6 heteroatoms. The number of carbonyl (C=O) groups is 1. The van der Waals surface area contributed by atoms with E-state index in [9.17, 15) is 4.79 Å². The summed E-state index contributed by atoms with van der Waals surface area (Å²) in [5, 5.41) is 3.40. The van der Waals surface area contributed by atoms with Gasteiger partial charge < -0.3 is 10.2 Å². The summed E-state index contributed by atoms with van der Waals surface area (Å²) >= 11 is 0. The van der Waals surface area contributed by atoms with E-state index >= 15 is 0 Å². The number of anilines is 2. The van der Waals surface area contributed by atoms with Crippen molar-refractivity contribution in [2.75, 3.05) is 18.4 Å². The number of likely N-dealkylation sites (tertiary alicyclic amines) is 1. The smallest absolute Gasteiger partial charge is 0.225 e. The van der Waals surface area contributed by atoms with Crippen molar-refractivity contribution in [1.29, 1.82) is 0 Å². The maximum absolute atomic E-state index is 12.7. The number of nitrogens with zero attached hydrogens (tertiary/aromatic N) is 4. The molecule has 1 saturated carbocycles. The Kier molecular flexibility index (Phi) is 5.13. The van der Waals surface area contributed by atoms with Crippen LogP contribution >= 0.6 is 0 Å². The monoisotopic (exact) mass is 399 g/mol. The van der Waals surface area contributed by atoms with E-state index in [1.807, 2.05) is 59.6 Å². The maximum Gasteiger partial charge on any atom is 0.225 e. The molecule has 152 valence electrons. The van der Waals surface area contributed by atoms with Crippen molar-refractivity contribution in [3.05, 3.63) is 66.7 Å². The van der Waals surface area contributed by atoms with Gasteiger partial charge in [0.25, 0.3) is 0 Å². The first-order chi connectivity index (χ1) is 14.8. The van der Waals surface area contributed by atoms with E-state index in [4.69, 9.17) is 9.97 Å². The van der Waals surface area contributed by atoms with Crippen LogP contribution in [0.5, 0.6) is 0 Å². The highest BCUT2D eigenvalue weighted by Gasteiger charge is 2.35. The van der Waals surface area contributed by atoms with E-state index < -0.39 is 0 Å². The third-order valence-corrected chi connectivity index (χ3v) is 6.07. The van der Waals surface area contributed by atoms with E-state index in [0.29, 0.717) is 12.5 Å². The first-order valence-corrected chi connectivity index (χ1v) is 10.7. The van der Waals surface area contributed by atoms with Gasteiger partial charge in [-0.1, -0.05) is 24.6 Å². The van der Waals surface area contributed by atoms with E-state index in [-0.39, 0.29) is 11.8 Å². The van der Waals surface area contributed by atoms with Gasteiger partial charge in [0.2, 0.25) is 5.91 Å². The fraction of sp³-hybridized carbons (Fsp3) is 0.333. The van der Waals surface area contributed by atoms with Gasteiger partial charge in [-0.25, -0.2) is 9.97 Å². The number of para-hydroxylation sites is 1. The standard InChI is InChI=1S/C24H25N5O/c30-24(17-6-4-7-17)29-13-11-19(16-29)23-27-21(18-8-5-12-25-15-18)14-22(28-23)26-20-9-2-1-3-10-20/h1-3,5,8-10,12,14-15,17,19H,4,6-7,11,13,16H2,(H,26,27,28)/t19-/m1/s1. The van der Waals surface area contributed by atoms with Crippen LogP contribution in [0.25, 0.3) is 11.3 Å². The SMILES string of the molecule is O=C(C1CCC1)N1CC[C@@H](c2nc(Nc3ccccc3)cc(-c3cccnc3)n2)C1. The van der Waals surface area contributed by atoms with Gasteiger partial charge in [-0.05, 0) is 43.5 Å². The third-order valence-electron chi connectivity index (χ3n) is 6.07. The van der Waals surface area contributed by atoms with Crippen LogP contribution in [0.2, 0.25) is 0 Å². The number of rotatable bonds is 5. The van der Waals surface area contributed by atoms with Gasteiger partial charge in [0.05, 0.1) is 5.69 Å². The fourth-order valence-electron chi connectivity index (χ4n) is 4.13. The summed E-state index contributed by atoms with van der Waals surface area (Å²) in [7, 11) is 0. The van der Waals surface area contributed by atoms with Crippen LogP contribution in [-0.4, -0.2) is 38.8 Å². The summed E-state index contributed by atoms with van der Waals surface area (Å²) < 4.78 is 0. The Balaban J connectivity index is 1.43. The topological polar surface area (TPSA) is 71.0 Å². The van der Waals surface area contributed by atoms with Gasteiger partial charge >= 0.3 is 0 Å². The summed E-state index contributed by atoms with van der Waals surface area (Å²) in [4.78, 5) is 28.6. The lowest BCUT2D eigenvalue weighted by atomic mass is 9.84. The van der Waals surface area contributed by atoms with Gasteiger partial charge in [0.1, 0.15) is 11.6 Å². The molecule has 0 spiro atoms. The summed E-state index contributed by atoms with van der Waals surface area (Å²) in [6, 6.07) is 15.9. The minimum Gasteiger partial charge on any atom is -0.342 e. The molecule has 1 aliphatic heterocycles. The number of aromatic nitrogens is 3. The lowest BCUT2D eigenvalue weighted by molar-refractivity contribution is -0.137. The minimum atomic E-state index is 0.155. The number of nitrogens with one attached hydrogen (secondary N) is 1. The lowest BCUT2D eigenvalue weighted by Gasteiger charge is -2.29. The Morgan fingerprint density at radius 1 is 1.03 bits per heavy atom. The molecule has 1 atom stereocenters. The first kappa shape index (κ1) is 18.7. The highest BCUT2D eigenvalue weighted by Crippen LogP contribution is 2.33. The zero-order valence-electron chi connectivity index (χ0n) is 16.9. The van der Waals surface area contributed by atoms with Crippen LogP contribution < -0.4 is 5.32 Å². The quantitative estimate of drug-likeness (QED) is 0.689. The lowest BCUT2D eigenvalue weighted by Crippen LogP contribution is -2.37. The molecule has 6 nitrogen and oxygen atoms in total. The first-order valence-electron chi connectivity index (χ1n) is 10.7. The van der Waals surface area contributed by atoms with E-state index in [1.54, 1.807) is 6.20 Å². The average Bonchev–Trinajstić information content (AvgIpc) is 3.24. The number of hydrogen-bond acceptors (Lipinski definition) is 5. The molecule has 0 bridgehead atoms. The molecule has 1 aromatic carbocycles. The van der Waals surface area contributed by atoms with Gasteiger partial charge in [-0.2, -0.15) is 0 Å². The van der Waals surface area contributed by atoms with Crippen molar-refractivity contribution in [3.8, 4) is 11.3 Å². The molecule has 0 radical (unpaired) electrons. The van der Waals surface area contributed by atoms with Crippen LogP contribution in [0.4, 0.5) is 11.5 Å². The Morgan fingerprint density at radius 2 is 1.90 bits per heavy atom. The Bertz CT molecular complexity index is 1020. The van der Waals surface area contributed by atoms with Crippen molar-refractivity contribution < 1.29 is 4.79 Å². The van der Waals surface area contributed by atoms with E-state index in [2.05, 4.69) is 10.3 Å². The molecule has 2 aliphatic rings. The van der Waals surface area contributed by atoms with Crippen LogP contribution in [0.3, 0.4) is 0 Å². The maximum atomic E-state index is 12.7. The number of hydrogen-bond donors (Lipinski definition) is 1. The molecule has 1 N–H and O–H groups in total. The molecule has 1 amide bonds. The Labute approximate surface area is 176 Å². The number of benzene rings is 1. The largest absolute Gasteiger partial charge is 0.342 e. The fourth-order valence-corrected chi connectivity index (χ4v) is 4.13. The van der Waals surface area contributed by atoms with Gasteiger partial charge in [-0.3, -0.25) is 9.78 Å². The zero-order chi connectivity index (χ0) is 20.3. The van der Waals surface area contributed by atoms with Crippen molar-refractivity contribution in [2.45, 2.75) is 31.6 Å². The Morgan fingerprint density at radius 3 is 2.63 bits per heavy atom. The predicted molar refractivity (Wildman–Crippen MR) is 116 cm³/mol. The molecular weight excluding hydrogens is 374 g/mol. The molecule has 5 rings (SSSR count). The van der Waals surface area contributed by atoms with Gasteiger partial charge in [0, 0.05) is 54.6 Å². The van der Waals surface area contributed by atoms with Crippen LogP contribution in [0.15, 0.2) is 60.9 Å². The summed E-state index contributed by atoms with van der Waals surface area (Å²) in [5.74, 6) is 2.26. The highest BCUT2D eigenvalue weighted by atomic mass is 16.2. The molecule has 3 heterocycles. The molecule has 1 saturated heterocycles. The highest BCUT2D eigenvalue weighted by molar-refractivity contribution is 5.80. The predicted octanol–water partition coefficient (Wildman–Crippen LogP) is 4.40. The van der Waals surface area contributed by atoms with Gasteiger partial charge in [0.15, 0.2) is 0 Å². The zero-order valence-corrected chi connectivity index (χ0v) is 16.9. The average molecular weight is 399 g/mol. The normalized spacial score (nSPS) is 18.8. The number of pyridine rings is 1. The van der Waals surface area contributed by atoms with Crippen molar-refractivity contribution in [3.63, 3.8) is 0 Å². The van der Waals surface area contributed by atoms with E-state index in [0.717, 1.165) is 54.4 Å². The molecule has 2 aromatic heterocycles.